The zero-order valence-corrected chi connectivity index (χ0v) is 13.2. The quantitative estimate of drug-likeness (QED) is 0.758. The molecule has 0 aliphatic heterocycles. The average Bonchev–Trinajstić information content (AvgIpc) is 2.54. The second-order valence-electron chi connectivity index (χ2n) is 5.67. The third-order valence-corrected chi connectivity index (χ3v) is 3.80. The first kappa shape index (κ1) is 14.8. The minimum Gasteiger partial charge on any atom is -0.383 e. The van der Waals surface area contributed by atoms with Gasteiger partial charge in [0.05, 0.1) is 5.69 Å². The highest BCUT2D eigenvalue weighted by molar-refractivity contribution is 5.80. The first-order valence-electron chi connectivity index (χ1n) is 7.43. The van der Waals surface area contributed by atoms with E-state index >= 15 is 0 Å². The molecular weight excluding hydrogens is 282 g/mol. The van der Waals surface area contributed by atoms with Crippen LogP contribution < -0.4 is 5.73 Å². The Hall–Kier alpha value is -3.12. The van der Waals surface area contributed by atoms with E-state index in [0.29, 0.717) is 5.56 Å². The lowest BCUT2D eigenvalue weighted by molar-refractivity contribution is 1.30. The van der Waals surface area contributed by atoms with Gasteiger partial charge in [-0.3, -0.25) is 0 Å². The molecule has 1 aromatic heterocycles. The molecule has 0 amide bonds. The van der Waals surface area contributed by atoms with Gasteiger partial charge in [0.15, 0.2) is 0 Å². The van der Waals surface area contributed by atoms with Crippen molar-refractivity contribution in [3.8, 4) is 28.5 Å². The fourth-order valence-corrected chi connectivity index (χ4v) is 2.67. The van der Waals surface area contributed by atoms with Crippen molar-refractivity contribution < 1.29 is 0 Å². The molecule has 0 unspecified atom stereocenters. The molecule has 112 valence electrons. The van der Waals surface area contributed by atoms with Gasteiger partial charge < -0.3 is 5.73 Å². The molecule has 2 N–H and O–H groups in total. The van der Waals surface area contributed by atoms with E-state index in [2.05, 4.69) is 23.2 Å². The van der Waals surface area contributed by atoms with Crippen LogP contribution in [0.15, 0.2) is 54.6 Å². The molecule has 0 bridgehead atoms. The van der Waals surface area contributed by atoms with Gasteiger partial charge in [-0.2, -0.15) is 5.26 Å². The molecule has 1 heterocycles. The zero-order chi connectivity index (χ0) is 16.4. The summed E-state index contributed by atoms with van der Waals surface area (Å²) in [7, 11) is 0. The second-order valence-corrected chi connectivity index (χ2v) is 5.67. The second kappa shape index (κ2) is 5.94. The normalized spacial score (nSPS) is 10.3. The van der Waals surface area contributed by atoms with E-state index < -0.39 is 0 Å². The van der Waals surface area contributed by atoms with Crippen molar-refractivity contribution in [1.82, 2.24) is 4.98 Å². The Morgan fingerprint density at radius 3 is 2.13 bits per heavy atom. The van der Waals surface area contributed by atoms with Crippen molar-refractivity contribution in [2.75, 3.05) is 5.73 Å². The monoisotopic (exact) mass is 299 g/mol. The SMILES string of the molecule is Cc1cccc(-c2cc(-c3cccc(C)c3)c(C#N)c(N)n2)c1. The lowest BCUT2D eigenvalue weighted by Gasteiger charge is -2.11. The van der Waals surface area contributed by atoms with Gasteiger partial charge in [-0.1, -0.05) is 53.6 Å². The van der Waals surface area contributed by atoms with Gasteiger partial charge in [-0.25, -0.2) is 4.98 Å². The molecule has 0 aliphatic carbocycles. The van der Waals surface area contributed by atoms with Crippen molar-refractivity contribution in [3.05, 3.63) is 71.3 Å². The lowest BCUT2D eigenvalue weighted by Crippen LogP contribution is -2.00. The minimum atomic E-state index is 0.267. The van der Waals surface area contributed by atoms with Gasteiger partial charge >= 0.3 is 0 Å². The molecule has 23 heavy (non-hydrogen) atoms. The largest absolute Gasteiger partial charge is 0.383 e. The molecule has 3 nitrogen and oxygen atoms in total. The molecule has 0 spiro atoms. The number of pyridine rings is 1. The Morgan fingerprint density at radius 1 is 0.913 bits per heavy atom. The first-order chi connectivity index (χ1) is 11.1. The van der Waals surface area contributed by atoms with Crippen molar-refractivity contribution in [3.63, 3.8) is 0 Å². The number of rotatable bonds is 2. The Balaban J connectivity index is 2.25. The van der Waals surface area contributed by atoms with E-state index in [1.54, 1.807) is 0 Å². The van der Waals surface area contributed by atoms with Crippen molar-refractivity contribution >= 4 is 5.82 Å². The maximum atomic E-state index is 9.47. The summed E-state index contributed by atoms with van der Waals surface area (Å²) >= 11 is 0. The highest BCUT2D eigenvalue weighted by atomic mass is 14.8. The molecule has 0 atom stereocenters. The molecule has 3 rings (SSSR count). The van der Waals surface area contributed by atoms with E-state index in [9.17, 15) is 5.26 Å². The molecular formula is C20H17N3. The summed E-state index contributed by atoms with van der Waals surface area (Å²) in [6.07, 6.45) is 0. The Bertz CT molecular complexity index is 920. The number of aryl methyl sites for hydroxylation is 2. The predicted molar refractivity (Wildman–Crippen MR) is 93.7 cm³/mol. The molecule has 2 aromatic carbocycles. The maximum absolute atomic E-state index is 9.47. The van der Waals surface area contributed by atoms with Crippen LogP contribution in [0.5, 0.6) is 0 Å². The van der Waals surface area contributed by atoms with Crippen LogP contribution in [-0.4, -0.2) is 4.98 Å². The summed E-state index contributed by atoms with van der Waals surface area (Å²) in [6, 6.07) is 20.3. The van der Waals surface area contributed by atoms with Gasteiger partial charge in [-0.15, -0.1) is 0 Å². The highest BCUT2D eigenvalue weighted by Crippen LogP contribution is 2.31. The van der Waals surface area contributed by atoms with E-state index in [4.69, 9.17) is 5.73 Å². The maximum Gasteiger partial charge on any atom is 0.142 e. The number of aromatic nitrogens is 1. The van der Waals surface area contributed by atoms with Crippen molar-refractivity contribution in [1.29, 1.82) is 5.26 Å². The van der Waals surface area contributed by atoms with Crippen LogP contribution in [0.2, 0.25) is 0 Å². The Morgan fingerprint density at radius 2 is 1.52 bits per heavy atom. The van der Waals surface area contributed by atoms with Gasteiger partial charge in [0, 0.05) is 11.1 Å². The van der Waals surface area contributed by atoms with E-state index in [1.165, 1.54) is 0 Å². The van der Waals surface area contributed by atoms with Crippen LogP contribution in [0, 0.1) is 25.2 Å². The molecule has 0 fully saturated rings. The molecule has 0 radical (unpaired) electrons. The molecule has 0 aliphatic rings. The Kier molecular flexibility index (Phi) is 3.82. The standard InChI is InChI=1S/C20H17N3/c1-13-5-3-7-15(9-13)17-11-19(23-20(22)18(17)12-21)16-8-4-6-14(2)10-16/h3-11H,1-2H3,(H2,22,23). The third kappa shape index (κ3) is 2.93. The molecule has 0 saturated carbocycles. The van der Waals surface area contributed by atoms with Crippen LogP contribution in [0.25, 0.3) is 22.4 Å². The van der Waals surface area contributed by atoms with Crippen LogP contribution in [-0.2, 0) is 0 Å². The third-order valence-electron chi connectivity index (χ3n) is 3.80. The minimum absolute atomic E-state index is 0.267. The first-order valence-corrected chi connectivity index (χ1v) is 7.43. The fraction of sp³-hybridized carbons (Fsp3) is 0.100. The number of nitrogens with two attached hydrogens (primary N) is 1. The van der Waals surface area contributed by atoms with Gasteiger partial charge in [0.25, 0.3) is 0 Å². The number of hydrogen-bond donors (Lipinski definition) is 1. The summed E-state index contributed by atoms with van der Waals surface area (Å²) in [6.45, 7) is 4.07. The van der Waals surface area contributed by atoms with Crippen LogP contribution in [0.1, 0.15) is 16.7 Å². The van der Waals surface area contributed by atoms with Gasteiger partial charge in [0.1, 0.15) is 17.5 Å². The number of anilines is 1. The number of nitrogens with zero attached hydrogens (tertiary/aromatic N) is 2. The summed E-state index contributed by atoms with van der Waals surface area (Å²) in [5, 5.41) is 9.47. The van der Waals surface area contributed by atoms with E-state index in [1.807, 2.05) is 56.3 Å². The summed E-state index contributed by atoms with van der Waals surface area (Å²) in [5.74, 6) is 0.267. The number of nitriles is 1. The highest BCUT2D eigenvalue weighted by Gasteiger charge is 2.13. The predicted octanol–water partition coefficient (Wildman–Crippen LogP) is 4.49. The number of benzene rings is 2. The molecule has 3 aromatic rings. The topological polar surface area (TPSA) is 62.7 Å². The Labute approximate surface area is 136 Å². The molecule has 0 saturated heterocycles. The number of hydrogen-bond acceptors (Lipinski definition) is 3. The smallest absolute Gasteiger partial charge is 0.142 e. The summed E-state index contributed by atoms with van der Waals surface area (Å²) < 4.78 is 0. The number of nitrogen functional groups attached to an aromatic ring is 1. The molecule has 3 heteroatoms. The van der Waals surface area contributed by atoms with E-state index in [-0.39, 0.29) is 5.82 Å². The van der Waals surface area contributed by atoms with Crippen LogP contribution in [0.3, 0.4) is 0 Å². The lowest BCUT2D eigenvalue weighted by atomic mass is 9.97. The zero-order valence-electron chi connectivity index (χ0n) is 13.2. The van der Waals surface area contributed by atoms with Crippen LogP contribution in [0.4, 0.5) is 5.82 Å². The van der Waals surface area contributed by atoms with E-state index in [0.717, 1.165) is 33.5 Å². The van der Waals surface area contributed by atoms with Gasteiger partial charge in [0.2, 0.25) is 0 Å². The summed E-state index contributed by atoms with van der Waals surface area (Å²) in [4.78, 5) is 4.42. The van der Waals surface area contributed by atoms with Crippen molar-refractivity contribution in [2.24, 2.45) is 0 Å². The van der Waals surface area contributed by atoms with Crippen molar-refractivity contribution in [2.45, 2.75) is 13.8 Å². The van der Waals surface area contributed by atoms with Crippen LogP contribution >= 0.6 is 0 Å². The van der Waals surface area contributed by atoms with Gasteiger partial charge in [-0.05, 0) is 31.5 Å². The average molecular weight is 299 g/mol. The fourth-order valence-electron chi connectivity index (χ4n) is 2.67. The summed E-state index contributed by atoms with van der Waals surface area (Å²) in [5.41, 5.74) is 12.3.